The number of aromatic nitrogens is 6. The molecule has 6 rings (SSSR count). The summed E-state index contributed by atoms with van der Waals surface area (Å²) in [5.41, 5.74) is -0.999. The highest BCUT2D eigenvalue weighted by molar-refractivity contribution is 6.28. The number of hydrogen-bond donors (Lipinski definition) is 2. The zero-order chi connectivity index (χ0) is 59.3. The molecule has 0 amide bonds. The van der Waals surface area contributed by atoms with Gasteiger partial charge in [0.2, 0.25) is 34.4 Å². The van der Waals surface area contributed by atoms with E-state index in [2.05, 4.69) is 161 Å². The topological polar surface area (TPSA) is 158 Å². The van der Waals surface area contributed by atoms with Crippen LogP contribution in [0.5, 0.6) is 0 Å². The van der Waals surface area contributed by atoms with Gasteiger partial charge in [0.15, 0.2) is 0 Å². The first-order valence-electron chi connectivity index (χ1n) is 30.4. The Morgan fingerprint density at radius 1 is 0.388 bits per heavy atom. The van der Waals surface area contributed by atoms with Crippen LogP contribution in [0, 0.1) is 11.8 Å². The van der Waals surface area contributed by atoms with Gasteiger partial charge < -0.3 is 39.8 Å². The number of halogens is 2. The van der Waals surface area contributed by atoms with Gasteiger partial charge in [-0.3, -0.25) is 0 Å². The lowest BCUT2D eigenvalue weighted by atomic mass is 9.73. The van der Waals surface area contributed by atoms with Gasteiger partial charge in [0.25, 0.3) is 0 Å². The highest BCUT2D eigenvalue weighted by Crippen LogP contribution is 2.46. The summed E-state index contributed by atoms with van der Waals surface area (Å²) in [5.74, 6) is 3.57. The molecule has 2 aromatic heterocycles. The number of rotatable bonds is 27. The zero-order valence-electron chi connectivity index (χ0n) is 53.6. The van der Waals surface area contributed by atoms with E-state index in [1.165, 1.54) is 12.8 Å². The molecule has 80 heavy (non-hydrogen) atoms. The first-order chi connectivity index (χ1) is 37.2. The van der Waals surface area contributed by atoms with Crippen LogP contribution in [0.2, 0.25) is 10.6 Å². The number of anilines is 4. The summed E-state index contributed by atoms with van der Waals surface area (Å²) < 4.78 is 0. The van der Waals surface area contributed by atoms with E-state index in [0.29, 0.717) is 35.6 Å². The molecule has 0 atom stereocenters. The van der Waals surface area contributed by atoms with E-state index in [0.717, 1.165) is 129 Å². The van der Waals surface area contributed by atoms with Gasteiger partial charge in [0.05, 0.1) is 28.4 Å². The Bertz CT molecular complexity index is 2060. The zero-order valence-corrected chi connectivity index (χ0v) is 55.1. The monoisotopic (exact) mass is 1160 g/mol. The summed E-state index contributed by atoms with van der Waals surface area (Å²) in [7, 11) is 7.16. The van der Waals surface area contributed by atoms with Crippen LogP contribution in [0.15, 0.2) is 0 Å². The third-order valence-corrected chi connectivity index (χ3v) is 18.3. The van der Waals surface area contributed by atoms with Crippen molar-refractivity contribution in [2.75, 3.05) is 75.1 Å². The van der Waals surface area contributed by atoms with Gasteiger partial charge in [-0.2, -0.15) is 50.2 Å². The van der Waals surface area contributed by atoms with Crippen LogP contribution in [-0.4, -0.2) is 161 Å². The van der Waals surface area contributed by atoms with E-state index in [-0.39, 0.29) is 67.0 Å². The lowest BCUT2D eigenvalue weighted by molar-refractivity contribution is -0.272. The van der Waals surface area contributed by atoms with E-state index < -0.39 is 0 Å². The molecule has 4 aliphatic rings. The quantitative estimate of drug-likeness (QED) is 0.0813. The molecule has 0 spiro atoms. The Hall–Kier alpha value is -2.52. The van der Waals surface area contributed by atoms with Crippen LogP contribution in [0.4, 0.5) is 23.8 Å². The molecule has 0 unspecified atom stereocenters. The van der Waals surface area contributed by atoms with Crippen LogP contribution >= 0.6 is 23.2 Å². The van der Waals surface area contributed by atoms with Crippen molar-refractivity contribution in [3.05, 3.63) is 10.6 Å². The number of piperidine rings is 4. The standard InChI is InChI=1S/C60H110Cl2N14O4/c1-53(2)35-43(36-54(3,4)73(53)77-17)29-23-25-31-63-49-65-47(61)67-51(69-49)71(45-39-57(9,10)75(79-19)58(11,12)40-45)33-27-21-22-28-34-72(46-41-59(13,14)76(80-20)60(15,16)42-46)52-68-48(62)66-50(70-52)64-32-26-24-30-44-37-55(5,6)74(78-18)56(7,8)38-44/h43-46H,21-42H2,1-20H3,(H,63,65,67,69)(H,64,66,68,70). The molecule has 0 aliphatic carbocycles. The highest BCUT2D eigenvalue weighted by atomic mass is 35.5. The normalized spacial score (nSPS) is 23.5. The second kappa shape index (κ2) is 26.8. The van der Waals surface area contributed by atoms with Gasteiger partial charge >= 0.3 is 0 Å². The molecule has 18 nitrogen and oxygen atoms in total. The van der Waals surface area contributed by atoms with Crippen LogP contribution < -0.4 is 20.4 Å². The summed E-state index contributed by atoms with van der Waals surface area (Å²) >= 11 is 13.6. The molecule has 0 radical (unpaired) electrons. The van der Waals surface area contributed by atoms with E-state index in [1.54, 1.807) is 28.4 Å². The fourth-order valence-electron chi connectivity index (χ4n) is 16.6. The van der Waals surface area contributed by atoms with Crippen LogP contribution in [0.25, 0.3) is 0 Å². The van der Waals surface area contributed by atoms with Gasteiger partial charge in [-0.25, -0.2) is 0 Å². The largest absolute Gasteiger partial charge is 0.354 e. The molecule has 2 aromatic rings. The Labute approximate surface area is 494 Å². The summed E-state index contributed by atoms with van der Waals surface area (Å²) in [6, 6.07) is 0.290. The summed E-state index contributed by atoms with van der Waals surface area (Å²) in [6.45, 7) is 39.6. The molecule has 20 heteroatoms. The molecule has 458 valence electrons. The van der Waals surface area contributed by atoms with Crippen molar-refractivity contribution in [2.24, 2.45) is 11.8 Å². The predicted molar refractivity (Wildman–Crippen MR) is 327 cm³/mol. The Balaban J connectivity index is 1.11. The first kappa shape index (κ1) is 66.6. The van der Waals surface area contributed by atoms with Crippen molar-refractivity contribution < 1.29 is 19.4 Å². The fourth-order valence-corrected chi connectivity index (χ4v) is 16.9. The Morgan fingerprint density at radius 2 is 0.662 bits per heavy atom. The predicted octanol–water partition coefficient (Wildman–Crippen LogP) is 13.2. The molecular formula is C60H110Cl2N14O4. The van der Waals surface area contributed by atoms with E-state index in [4.69, 9.17) is 62.5 Å². The number of hydrogen-bond acceptors (Lipinski definition) is 18. The number of nitrogens with one attached hydrogen (secondary N) is 2. The minimum absolute atomic E-state index is 0.0127. The maximum absolute atomic E-state index is 6.80. The van der Waals surface area contributed by atoms with Gasteiger partial charge in [-0.15, -0.1) is 0 Å². The van der Waals surface area contributed by atoms with Gasteiger partial charge in [0.1, 0.15) is 0 Å². The molecule has 0 saturated carbocycles. The molecule has 4 fully saturated rings. The summed E-state index contributed by atoms with van der Waals surface area (Å²) in [4.78, 5) is 57.7. The van der Waals surface area contributed by atoms with Crippen molar-refractivity contribution in [2.45, 2.75) is 283 Å². The van der Waals surface area contributed by atoms with Gasteiger partial charge in [0, 0.05) is 82.6 Å². The van der Waals surface area contributed by atoms with Crippen molar-refractivity contribution in [3.63, 3.8) is 0 Å². The van der Waals surface area contributed by atoms with Crippen molar-refractivity contribution in [3.8, 4) is 0 Å². The second-order valence-corrected chi connectivity index (χ2v) is 29.9. The Kier molecular flexibility index (Phi) is 22.3. The second-order valence-electron chi connectivity index (χ2n) is 29.2. The van der Waals surface area contributed by atoms with Gasteiger partial charge in [-0.1, -0.05) is 38.5 Å². The van der Waals surface area contributed by atoms with Crippen LogP contribution in [0.1, 0.15) is 226 Å². The first-order valence-corrected chi connectivity index (χ1v) is 31.2. The number of nitrogens with zero attached hydrogens (tertiary/aromatic N) is 12. The molecule has 4 aliphatic heterocycles. The smallest absolute Gasteiger partial charge is 0.231 e. The molecule has 0 aromatic carbocycles. The van der Waals surface area contributed by atoms with Crippen LogP contribution in [-0.2, 0) is 19.4 Å². The summed E-state index contributed by atoms with van der Waals surface area (Å²) in [6.07, 6.45) is 18.5. The van der Waals surface area contributed by atoms with Crippen molar-refractivity contribution >= 4 is 47.0 Å². The maximum atomic E-state index is 6.80. The number of unbranched alkanes of at least 4 members (excludes halogenated alkanes) is 5. The highest BCUT2D eigenvalue weighted by Gasteiger charge is 2.51. The van der Waals surface area contributed by atoms with Gasteiger partial charge in [-0.05, 0) is 223 Å². The van der Waals surface area contributed by atoms with Crippen LogP contribution in [0.3, 0.4) is 0 Å². The molecule has 2 N–H and O–H groups in total. The van der Waals surface area contributed by atoms with E-state index >= 15 is 0 Å². The summed E-state index contributed by atoms with van der Waals surface area (Å²) in [5, 5.41) is 16.2. The average Bonchev–Trinajstić information content (AvgIpc) is 3.30. The minimum Gasteiger partial charge on any atom is -0.354 e. The SMILES string of the molecule is CON1C(C)(C)CC(CCCCNc2nc(Cl)nc(N(CCCCCCN(c3nc(Cl)nc(NCCCCC4CC(C)(C)N(OC)C(C)(C)C4)n3)C3CC(C)(C)N(OC)C(C)(C)C3)C3CC(C)(C)N(OC)C(C)(C)C3)n2)CC1(C)C. The third-order valence-electron chi connectivity index (χ3n) is 18.0. The van der Waals surface area contributed by atoms with Crippen molar-refractivity contribution in [1.29, 1.82) is 0 Å². The van der Waals surface area contributed by atoms with E-state index in [9.17, 15) is 0 Å². The Morgan fingerprint density at radius 3 is 0.938 bits per heavy atom. The van der Waals surface area contributed by atoms with E-state index in [1.807, 2.05) is 0 Å². The number of hydroxylamine groups is 8. The third kappa shape index (κ3) is 16.7. The molecule has 6 heterocycles. The lowest BCUT2D eigenvalue weighted by Gasteiger charge is -2.55. The average molecular weight is 1160 g/mol. The maximum Gasteiger partial charge on any atom is 0.231 e. The lowest BCUT2D eigenvalue weighted by Crippen LogP contribution is -2.64. The minimum atomic E-state index is -0.237. The fraction of sp³-hybridized carbons (Fsp3) is 0.900. The molecular weight excluding hydrogens is 1050 g/mol. The van der Waals surface area contributed by atoms with Crippen molar-refractivity contribution in [1.82, 2.24) is 50.2 Å². The molecule has 0 bridgehead atoms. The molecule has 4 saturated heterocycles.